The van der Waals surface area contributed by atoms with E-state index in [1.165, 1.54) is 22.9 Å². The molecule has 4 rings (SSSR count). The largest absolute Gasteiger partial charge is 0.355 e. The number of aryl methyl sites for hydroxylation is 2. The highest BCUT2D eigenvalue weighted by Gasteiger charge is 2.13. The summed E-state index contributed by atoms with van der Waals surface area (Å²) in [7, 11) is 0. The minimum atomic E-state index is -0.252. The number of benzene rings is 2. The second-order valence-corrected chi connectivity index (χ2v) is 8.23. The summed E-state index contributed by atoms with van der Waals surface area (Å²) in [5.41, 5.74) is 4.22. The number of nitrogens with one attached hydrogen (secondary N) is 1. The quantitative estimate of drug-likeness (QED) is 0.453. The van der Waals surface area contributed by atoms with Crippen LogP contribution >= 0.6 is 11.8 Å². The van der Waals surface area contributed by atoms with Gasteiger partial charge in [0.15, 0.2) is 5.16 Å². The van der Waals surface area contributed by atoms with Gasteiger partial charge in [-0.05, 0) is 49.1 Å². The third-order valence-electron chi connectivity index (χ3n) is 5.12. The maximum atomic E-state index is 12.9. The molecule has 1 N–H and O–H groups in total. The Labute approximate surface area is 184 Å². The molecule has 0 unspecified atom stereocenters. The summed E-state index contributed by atoms with van der Waals surface area (Å²) in [6.45, 7) is 4.62. The molecule has 2 aromatic carbocycles. The summed E-state index contributed by atoms with van der Waals surface area (Å²) in [4.78, 5) is 25.1. The van der Waals surface area contributed by atoms with Gasteiger partial charge in [0.2, 0.25) is 11.6 Å². The molecule has 0 saturated carbocycles. The molecule has 1 amide bonds. The van der Waals surface area contributed by atoms with Gasteiger partial charge in [-0.2, -0.15) is 0 Å². The fourth-order valence-corrected chi connectivity index (χ4v) is 3.96. The van der Waals surface area contributed by atoms with Crippen molar-refractivity contribution in [3.05, 3.63) is 88.0 Å². The van der Waals surface area contributed by atoms with Crippen molar-refractivity contribution in [1.82, 2.24) is 24.5 Å². The minimum Gasteiger partial charge on any atom is -0.355 e. The monoisotopic (exact) mass is 433 g/mol. The first-order chi connectivity index (χ1) is 15.0. The van der Waals surface area contributed by atoms with Gasteiger partial charge in [-0.3, -0.25) is 18.6 Å². The van der Waals surface area contributed by atoms with E-state index in [9.17, 15) is 9.59 Å². The maximum Gasteiger partial charge on any atom is 0.300 e. The van der Waals surface area contributed by atoms with Gasteiger partial charge in [-0.15, -0.1) is 10.2 Å². The predicted molar refractivity (Wildman–Crippen MR) is 122 cm³/mol. The molecule has 2 heterocycles. The number of hydrogen-bond donors (Lipinski definition) is 1. The van der Waals surface area contributed by atoms with Gasteiger partial charge < -0.3 is 5.32 Å². The van der Waals surface area contributed by atoms with Crippen molar-refractivity contribution in [2.45, 2.75) is 25.4 Å². The fraction of sp³-hybridized carbons (Fsp3) is 0.217. The van der Waals surface area contributed by atoms with Gasteiger partial charge in [0.1, 0.15) is 0 Å². The molecule has 0 fully saturated rings. The molecule has 8 heteroatoms. The Kier molecular flexibility index (Phi) is 6.18. The van der Waals surface area contributed by atoms with Crippen LogP contribution in [0, 0.1) is 13.8 Å². The smallest absolute Gasteiger partial charge is 0.300 e. The van der Waals surface area contributed by atoms with Crippen molar-refractivity contribution >= 4 is 23.3 Å². The number of thioether (sulfide) groups is 1. The first kappa shape index (κ1) is 20.9. The van der Waals surface area contributed by atoms with E-state index in [0.717, 1.165) is 17.7 Å². The zero-order chi connectivity index (χ0) is 21.8. The van der Waals surface area contributed by atoms with Gasteiger partial charge in [-0.1, -0.05) is 48.2 Å². The van der Waals surface area contributed by atoms with Gasteiger partial charge in [0.05, 0.1) is 5.75 Å². The van der Waals surface area contributed by atoms with Crippen molar-refractivity contribution < 1.29 is 4.79 Å². The Balaban J connectivity index is 1.42. The van der Waals surface area contributed by atoms with E-state index in [1.54, 1.807) is 21.4 Å². The highest BCUT2D eigenvalue weighted by atomic mass is 32.2. The van der Waals surface area contributed by atoms with E-state index in [0.29, 0.717) is 11.7 Å². The number of fused-ring (bicyclic) bond motifs is 1. The van der Waals surface area contributed by atoms with Crippen molar-refractivity contribution in [3.63, 3.8) is 0 Å². The normalized spacial score (nSPS) is 11.0. The lowest BCUT2D eigenvalue weighted by atomic mass is 10.1. The molecule has 4 aromatic rings. The van der Waals surface area contributed by atoms with E-state index in [-0.39, 0.29) is 22.9 Å². The summed E-state index contributed by atoms with van der Waals surface area (Å²) < 4.78 is 3.18. The summed E-state index contributed by atoms with van der Waals surface area (Å²) in [6.07, 6.45) is 4.23. The van der Waals surface area contributed by atoms with Gasteiger partial charge >= 0.3 is 5.56 Å². The Morgan fingerprint density at radius 3 is 2.61 bits per heavy atom. The number of amides is 1. The molecular weight excluding hydrogens is 410 g/mol. The molecule has 2 aromatic heterocycles. The molecule has 0 radical (unpaired) electrons. The van der Waals surface area contributed by atoms with E-state index in [4.69, 9.17) is 0 Å². The second kappa shape index (κ2) is 9.18. The highest BCUT2D eigenvalue weighted by molar-refractivity contribution is 7.99. The van der Waals surface area contributed by atoms with Crippen LogP contribution in [0.3, 0.4) is 0 Å². The van der Waals surface area contributed by atoms with Crippen LogP contribution < -0.4 is 10.9 Å². The van der Waals surface area contributed by atoms with E-state index >= 15 is 0 Å². The van der Waals surface area contributed by atoms with E-state index in [2.05, 4.69) is 15.5 Å². The average molecular weight is 434 g/mol. The standard InChI is InChI=1S/C23H23N5O2S/c1-16-8-9-19(14-17(16)2)27-12-13-28-21(22(27)30)25-26-23(28)31-15-20(29)24-11-10-18-6-4-3-5-7-18/h3-9,12-14H,10-11,15H2,1-2H3,(H,24,29). The van der Waals surface area contributed by atoms with Crippen LogP contribution in [0.2, 0.25) is 0 Å². The first-order valence-corrected chi connectivity index (χ1v) is 11.0. The lowest BCUT2D eigenvalue weighted by Crippen LogP contribution is -2.27. The van der Waals surface area contributed by atoms with E-state index < -0.39 is 0 Å². The van der Waals surface area contributed by atoms with Crippen LogP contribution in [0.5, 0.6) is 0 Å². The molecule has 7 nitrogen and oxygen atoms in total. The number of rotatable bonds is 7. The van der Waals surface area contributed by atoms with Crippen LogP contribution in [0.1, 0.15) is 16.7 Å². The zero-order valence-corrected chi connectivity index (χ0v) is 18.2. The SMILES string of the molecule is Cc1ccc(-n2ccn3c(SCC(=O)NCCc4ccccc4)nnc3c2=O)cc1C. The topological polar surface area (TPSA) is 81.3 Å². The molecule has 158 valence electrons. The third kappa shape index (κ3) is 4.69. The summed E-state index contributed by atoms with van der Waals surface area (Å²) in [5.74, 6) is 0.122. The third-order valence-corrected chi connectivity index (χ3v) is 6.06. The Morgan fingerprint density at radius 2 is 1.84 bits per heavy atom. The van der Waals surface area contributed by atoms with E-state index in [1.807, 2.05) is 62.4 Å². The Hall–Kier alpha value is -3.39. The molecule has 0 aliphatic rings. The van der Waals surface area contributed by atoms with Crippen molar-refractivity contribution in [3.8, 4) is 5.69 Å². The lowest BCUT2D eigenvalue weighted by molar-refractivity contribution is -0.118. The number of hydrogen-bond acceptors (Lipinski definition) is 5. The van der Waals surface area contributed by atoms with Gasteiger partial charge in [0, 0.05) is 24.6 Å². The molecule has 0 aliphatic heterocycles. The highest BCUT2D eigenvalue weighted by Crippen LogP contribution is 2.17. The molecule has 0 saturated heterocycles. The molecular formula is C23H23N5O2S. The van der Waals surface area contributed by atoms with Crippen LogP contribution in [0.4, 0.5) is 0 Å². The molecule has 0 atom stereocenters. The van der Waals surface area contributed by atoms with Crippen LogP contribution in [-0.4, -0.2) is 37.4 Å². The summed E-state index contributed by atoms with van der Waals surface area (Å²) in [5, 5.41) is 11.6. The Morgan fingerprint density at radius 1 is 1.03 bits per heavy atom. The number of carbonyl (C=O) groups excluding carboxylic acids is 1. The molecule has 0 aliphatic carbocycles. The summed E-state index contributed by atoms with van der Waals surface area (Å²) >= 11 is 1.25. The molecule has 0 bridgehead atoms. The molecule has 0 spiro atoms. The van der Waals surface area contributed by atoms with Crippen LogP contribution in [-0.2, 0) is 11.2 Å². The number of carbonyl (C=O) groups is 1. The molecule has 31 heavy (non-hydrogen) atoms. The minimum absolute atomic E-state index is 0.0823. The predicted octanol–water partition coefficient (Wildman–Crippen LogP) is 2.95. The fourth-order valence-electron chi connectivity index (χ4n) is 3.22. The zero-order valence-electron chi connectivity index (χ0n) is 17.4. The average Bonchev–Trinajstić information content (AvgIpc) is 3.19. The number of aromatic nitrogens is 4. The van der Waals surface area contributed by atoms with Crippen LogP contribution in [0.25, 0.3) is 11.3 Å². The van der Waals surface area contributed by atoms with Crippen molar-refractivity contribution in [2.24, 2.45) is 0 Å². The van der Waals surface area contributed by atoms with Gasteiger partial charge in [-0.25, -0.2) is 0 Å². The number of nitrogens with zero attached hydrogens (tertiary/aromatic N) is 4. The first-order valence-electron chi connectivity index (χ1n) is 10.0. The van der Waals surface area contributed by atoms with Crippen molar-refractivity contribution in [1.29, 1.82) is 0 Å². The Bertz CT molecular complexity index is 1280. The van der Waals surface area contributed by atoms with Crippen molar-refractivity contribution in [2.75, 3.05) is 12.3 Å². The van der Waals surface area contributed by atoms with Crippen LogP contribution in [0.15, 0.2) is 70.9 Å². The second-order valence-electron chi connectivity index (χ2n) is 7.29. The lowest BCUT2D eigenvalue weighted by Gasteiger charge is -2.09. The summed E-state index contributed by atoms with van der Waals surface area (Å²) in [6, 6.07) is 15.9. The van der Waals surface area contributed by atoms with Gasteiger partial charge in [0.25, 0.3) is 0 Å². The maximum absolute atomic E-state index is 12.9.